The highest BCUT2D eigenvalue weighted by Gasteiger charge is 2.30. The van der Waals surface area contributed by atoms with E-state index in [1.807, 2.05) is 11.5 Å². The van der Waals surface area contributed by atoms with Crippen LogP contribution in [-0.4, -0.2) is 51.9 Å². The number of nitrogens with one attached hydrogen (secondary N) is 3. The summed E-state index contributed by atoms with van der Waals surface area (Å²) >= 11 is 0.692. The molecule has 6 N–H and O–H groups in total. The van der Waals surface area contributed by atoms with E-state index in [0.29, 0.717) is 47.4 Å². The molecule has 2 aliphatic rings. The monoisotopic (exact) mass is 604 g/mol. The summed E-state index contributed by atoms with van der Waals surface area (Å²) in [6.45, 7) is 3.78. The summed E-state index contributed by atoms with van der Waals surface area (Å²) < 4.78 is 19.3. The van der Waals surface area contributed by atoms with E-state index in [2.05, 4.69) is 44.5 Å². The lowest BCUT2D eigenvalue weighted by atomic mass is 9.89. The number of phenolic OH excluding ortho intramolecular Hbond substituents is 1. The number of anilines is 2. The largest absolute Gasteiger partial charge is 0.506 e. The molecule has 3 aromatic carbocycles. The quantitative estimate of drug-likeness (QED) is 0.116. The van der Waals surface area contributed by atoms with E-state index in [4.69, 9.17) is 5.14 Å². The molecule has 2 aliphatic heterocycles. The molecule has 224 valence electrons. The van der Waals surface area contributed by atoms with Crippen LogP contribution >= 0.6 is 12.1 Å². The molecule has 6 rings (SSSR count). The first-order chi connectivity index (χ1) is 20.7. The summed E-state index contributed by atoms with van der Waals surface area (Å²) in [5.74, 6) is -1.15. The van der Waals surface area contributed by atoms with Gasteiger partial charge in [-0.25, -0.2) is 4.39 Å². The van der Waals surface area contributed by atoms with Gasteiger partial charge in [0, 0.05) is 46.2 Å². The number of rotatable bonds is 7. The van der Waals surface area contributed by atoms with Gasteiger partial charge in [-0.3, -0.25) is 29.7 Å². The first kappa shape index (κ1) is 29.0. The van der Waals surface area contributed by atoms with E-state index in [-0.39, 0.29) is 41.7 Å². The number of benzene rings is 3. The number of aryl methyl sites for hydroxylation is 1. The Morgan fingerprint density at radius 3 is 2.63 bits per heavy atom. The number of fused-ring (bicyclic) bond motifs is 2. The van der Waals surface area contributed by atoms with Crippen LogP contribution in [0.1, 0.15) is 48.9 Å². The van der Waals surface area contributed by atoms with Crippen molar-refractivity contribution in [1.82, 2.24) is 14.8 Å². The molecule has 2 fully saturated rings. The molecule has 0 spiro atoms. The number of hydrogen-bond acceptors (Lipinski definition) is 8. The van der Waals surface area contributed by atoms with Crippen molar-refractivity contribution < 1.29 is 23.9 Å². The van der Waals surface area contributed by atoms with Crippen LogP contribution in [0.25, 0.3) is 21.7 Å². The first-order valence-electron chi connectivity index (χ1n) is 14.3. The highest BCUT2D eigenvalue weighted by molar-refractivity contribution is 7.98. The van der Waals surface area contributed by atoms with Crippen LogP contribution in [0.3, 0.4) is 0 Å². The van der Waals surface area contributed by atoms with E-state index >= 15 is 0 Å². The normalized spacial score (nSPS) is 18.3. The summed E-state index contributed by atoms with van der Waals surface area (Å²) in [5.41, 5.74) is 3.66. The molecule has 10 nitrogen and oxygen atoms in total. The smallest absolute Gasteiger partial charge is 0.249 e. The summed E-state index contributed by atoms with van der Waals surface area (Å²) in [5, 5.41) is 22.7. The molecule has 43 heavy (non-hydrogen) atoms. The van der Waals surface area contributed by atoms with Crippen molar-refractivity contribution in [2.75, 3.05) is 29.7 Å². The number of carbonyl (C=O) groups is 3. The van der Waals surface area contributed by atoms with Crippen LogP contribution in [0, 0.1) is 12.7 Å². The molecular formula is C31H33FN6O4S. The number of likely N-dealkylation sites (tertiary alicyclic amines) is 1. The second-order valence-corrected chi connectivity index (χ2v) is 11.7. The Morgan fingerprint density at radius 2 is 1.88 bits per heavy atom. The molecule has 2 saturated heterocycles. The predicted octanol–water partition coefficient (Wildman–Crippen LogP) is 4.68. The fourth-order valence-electron chi connectivity index (χ4n) is 6.40. The maximum absolute atomic E-state index is 14.8. The van der Waals surface area contributed by atoms with Crippen LogP contribution in [0.2, 0.25) is 0 Å². The molecule has 1 aromatic heterocycles. The standard InChI is InChI=1S/C31H33FN6O4S/c1-17-12-21-13-19(2-5-24(21)38(17)25-6-7-27(40)35-31(25)42)18-8-10-37(11-9-18)16-28(41)34-22-3-4-23-20(14-22)15-26(39)30(29(23)32)36-43-33/h2-5,12-15,18,25,36,39H,6-11,16,33H2,1H3,(H,34,41)(H,35,40,42). The van der Waals surface area contributed by atoms with Crippen molar-refractivity contribution in [2.24, 2.45) is 5.14 Å². The maximum atomic E-state index is 14.8. The maximum Gasteiger partial charge on any atom is 0.249 e. The van der Waals surface area contributed by atoms with Gasteiger partial charge in [0.25, 0.3) is 0 Å². The summed E-state index contributed by atoms with van der Waals surface area (Å²) in [7, 11) is 0. The van der Waals surface area contributed by atoms with Crippen LogP contribution in [0.5, 0.6) is 5.75 Å². The number of nitrogens with zero attached hydrogens (tertiary/aromatic N) is 2. The predicted molar refractivity (Wildman–Crippen MR) is 166 cm³/mol. The molecule has 1 atom stereocenters. The summed E-state index contributed by atoms with van der Waals surface area (Å²) in [4.78, 5) is 39.1. The number of nitrogens with two attached hydrogens (primary N) is 1. The zero-order chi connectivity index (χ0) is 30.2. The summed E-state index contributed by atoms with van der Waals surface area (Å²) in [6, 6.07) is 14.4. The molecule has 12 heteroatoms. The van der Waals surface area contributed by atoms with E-state index in [0.717, 1.165) is 42.5 Å². The van der Waals surface area contributed by atoms with Gasteiger partial charge in [0.05, 0.1) is 6.54 Å². The van der Waals surface area contributed by atoms with Crippen molar-refractivity contribution in [3.63, 3.8) is 0 Å². The van der Waals surface area contributed by atoms with Gasteiger partial charge in [-0.1, -0.05) is 6.07 Å². The lowest BCUT2D eigenvalue weighted by Crippen LogP contribution is -2.41. The van der Waals surface area contributed by atoms with Crippen LogP contribution in [-0.2, 0) is 14.4 Å². The van der Waals surface area contributed by atoms with Crippen molar-refractivity contribution >= 4 is 62.9 Å². The minimum atomic E-state index is -0.616. The number of phenols is 1. The third-order valence-electron chi connectivity index (χ3n) is 8.50. The molecule has 3 amide bonds. The molecule has 0 saturated carbocycles. The average molecular weight is 605 g/mol. The number of hydrogen-bond donors (Lipinski definition) is 5. The van der Waals surface area contributed by atoms with E-state index in [1.54, 1.807) is 18.2 Å². The SMILES string of the molecule is Cc1cc2cc(C3CCN(CC(=O)Nc4ccc5c(F)c(NSN)c(O)cc5c4)CC3)ccc2n1C1CCC(=O)NC1=O. The molecule has 3 heterocycles. The minimum Gasteiger partial charge on any atom is -0.506 e. The number of piperidine rings is 2. The van der Waals surface area contributed by atoms with Crippen molar-refractivity contribution in [3.05, 3.63) is 65.6 Å². The van der Waals surface area contributed by atoms with E-state index in [1.165, 1.54) is 11.6 Å². The van der Waals surface area contributed by atoms with Crippen molar-refractivity contribution in [3.8, 4) is 5.75 Å². The molecule has 0 aliphatic carbocycles. The third-order valence-corrected chi connectivity index (χ3v) is 8.83. The Bertz CT molecular complexity index is 1750. The Balaban J connectivity index is 1.07. The number of amides is 3. The zero-order valence-electron chi connectivity index (χ0n) is 23.7. The Hall–Kier alpha value is -4.13. The fraction of sp³-hybridized carbons (Fsp3) is 0.323. The number of carbonyl (C=O) groups excluding carboxylic acids is 3. The third kappa shape index (κ3) is 5.77. The second kappa shape index (κ2) is 11.9. The van der Waals surface area contributed by atoms with E-state index < -0.39 is 5.82 Å². The Labute approximate surface area is 252 Å². The van der Waals surface area contributed by atoms with Crippen LogP contribution < -0.4 is 20.5 Å². The number of aromatic nitrogens is 1. The van der Waals surface area contributed by atoms with Crippen LogP contribution in [0.15, 0.2) is 48.5 Å². The highest BCUT2D eigenvalue weighted by atomic mass is 32.2. The topological polar surface area (TPSA) is 142 Å². The number of imide groups is 1. The van der Waals surface area contributed by atoms with Gasteiger partial charge in [-0.05, 0) is 98.6 Å². The highest BCUT2D eigenvalue weighted by Crippen LogP contribution is 2.36. The van der Waals surface area contributed by atoms with Gasteiger partial charge in [0.2, 0.25) is 17.7 Å². The van der Waals surface area contributed by atoms with Crippen LogP contribution in [0.4, 0.5) is 15.8 Å². The van der Waals surface area contributed by atoms with Gasteiger partial charge in [0.15, 0.2) is 5.82 Å². The van der Waals surface area contributed by atoms with Gasteiger partial charge < -0.3 is 19.7 Å². The van der Waals surface area contributed by atoms with Gasteiger partial charge in [0.1, 0.15) is 17.5 Å². The van der Waals surface area contributed by atoms with E-state index in [9.17, 15) is 23.9 Å². The molecule has 4 aromatic rings. The minimum absolute atomic E-state index is 0.0825. The number of aromatic hydroxyl groups is 1. The average Bonchev–Trinajstić information content (AvgIpc) is 3.30. The number of halogens is 1. The Kier molecular flexibility index (Phi) is 7.99. The fourth-order valence-corrected chi connectivity index (χ4v) is 6.71. The van der Waals surface area contributed by atoms with Gasteiger partial charge in [-0.15, -0.1) is 0 Å². The van der Waals surface area contributed by atoms with Gasteiger partial charge in [-0.2, -0.15) is 0 Å². The zero-order valence-corrected chi connectivity index (χ0v) is 24.5. The van der Waals surface area contributed by atoms with Crippen molar-refractivity contribution in [1.29, 1.82) is 0 Å². The lowest BCUT2D eigenvalue weighted by Gasteiger charge is -2.31. The summed E-state index contributed by atoms with van der Waals surface area (Å²) in [6.07, 6.45) is 2.67. The first-order valence-corrected chi connectivity index (χ1v) is 15.1. The molecule has 0 radical (unpaired) electrons. The van der Waals surface area contributed by atoms with Gasteiger partial charge >= 0.3 is 0 Å². The molecule has 0 bridgehead atoms. The second-order valence-electron chi connectivity index (χ2n) is 11.3. The van der Waals surface area contributed by atoms with Crippen molar-refractivity contribution in [2.45, 2.75) is 44.6 Å². The molecule has 1 unspecified atom stereocenters. The molecular weight excluding hydrogens is 571 g/mol. The Morgan fingerprint density at radius 1 is 1.09 bits per heavy atom. The lowest BCUT2D eigenvalue weighted by molar-refractivity contribution is -0.135.